The van der Waals surface area contributed by atoms with Crippen LogP contribution in [0, 0.1) is 12.8 Å². The zero-order valence-corrected chi connectivity index (χ0v) is 12.4. The van der Waals surface area contributed by atoms with Gasteiger partial charge in [-0.05, 0) is 50.9 Å². The molecule has 0 aromatic carbocycles. The van der Waals surface area contributed by atoms with Crippen LogP contribution in [-0.2, 0) is 0 Å². The van der Waals surface area contributed by atoms with Crippen LogP contribution >= 0.6 is 11.3 Å². The van der Waals surface area contributed by atoms with Crippen LogP contribution in [0.1, 0.15) is 17.7 Å². The summed E-state index contributed by atoms with van der Waals surface area (Å²) in [4.78, 5) is 17.9. The highest BCUT2D eigenvalue weighted by Crippen LogP contribution is 2.31. The molecule has 1 aromatic heterocycles. The van der Waals surface area contributed by atoms with Crippen LogP contribution in [0.25, 0.3) is 0 Å². The van der Waals surface area contributed by atoms with E-state index in [2.05, 4.69) is 17.1 Å². The van der Waals surface area contributed by atoms with E-state index in [1.807, 2.05) is 24.1 Å². The summed E-state index contributed by atoms with van der Waals surface area (Å²) in [6.45, 7) is 5.51. The number of anilines is 1. The minimum atomic E-state index is 0.0283. The van der Waals surface area contributed by atoms with Gasteiger partial charge < -0.3 is 9.80 Å². The molecule has 1 aromatic rings. The third kappa shape index (κ3) is 2.62. The maximum Gasteiger partial charge on any atom is 0.322 e. The lowest BCUT2D eigenvalue weighted by Gasteiger charge is -2.47. The fraction of sp³-hybridized carbons (Fsp3) is 0.643. The summed E-state index contributed by atoms with van der Waals surface area (Å²) in [6, 6.07) is 4.42. The number of hydrogen-bond acceptors (Lipinski definition) is 3. The molecule has 3 aliphatic heterocycles. The number of urea groups is 1. The molecule has 0 aliphatic carbocycles. The summed E-state index contributed by atoms with van der Waals surface area (Å²) < 4.78 is 0. The number of amides is 2. The van der Waals surface area contributed by atoms with E-state index in [-0.39, 0.29) is 6.03 Å². The summed E-state index contributed by atoms with van der Waals surface area (Å²) in [5.74, 6) is 0.686. The van der Waals surface area contributed by atoms with Gasteiger partial charge in [-0.3, -0.25) is 5.32 Å². The van der Waals surface area contributed by atoms with Crippen LogP contribution in [-0.4, -0.2) is 48.6 Å². The second kappa shape index (κ2) is 5.13. The average molecular weight is 279 g/mol. The second-order valence-corrected chi connectivity index (χ2v) is 6.94. The quantitative estimate of drug-likeness (QED) is 0.903. The zero-order chi connectivity index (χ0) is 13.4. The van der Waals surface area contributed by atoms with Gasteiger partial charge >= 0.3 is 6.03 Å². The van der Waals surface area contributed by atoms with Gasteiger partial charge in [0.15, 0.2) is 0 Å². The molecule has 19 heavy (non-hydrogen) atoms. The molecular formula is C14H21N3OS. The van der Waals surface area contributed by atoms with Gasteiger partial charge in [-0.1, -0.05) is 0 Å². The smallest absolute Gasteiger partial charge is 0.322 e. The zero-order valence-electron chi connectivity index (χ0n) is 11.6. The van der Waals surface area contributed by atoms with Gasteiger partial charge in [0.25, 0.3) is 0 Å². The first-order valence-electron chi connectivity index (χ1n) is 6.96. The van der Waals surface area contributed by atoms with Gasteiger partial charge in [0.05, 0.1) is 5.00 Å². The summed E-state index contributed by atoms with van der Waals surface area (Å²) in [5, 5.41) is 3.95. The summed E-state index contributed by atoms with van der Waals surface area (Å²) in [7, 11) is 1.93. The van der Waals surface area contributed by atoms with E-state index in [1.165, 1.54) is 30.8 Å². The Morgan fingerprint density at radius 1 is 1.42 bits per heavy atom. The van der Waals surface area contributed by atoms with E-state index >= 15 is 0 Å². The van der Waals surface area contributed by atoms with Crippen molar-refractivity contribution in [3.8, 4) is 0 Å². The van der Waals surface area contributed by atoms with Gasteiger partial charge in [-0.2, -0.15) is 0 Å². The number of aryl methyl sites for hydroxylation is 1. The number of carbonyl (C=O) groups excluding carboxylic acids is 1. The maximum atomic E-state index is 12.3. The van der Waals surface area contributed by atoms with E-state index in [0.717, 1.165) is 11.5 Å². The predicted molar refractivity (Wildman–Crippen MR) is 78.8 cm³/mol. The SMILES string of the molecule is Cc1ccc(NC(=O)N(C)[C@H]2CN3CCC2CC3)s1. The van der Waals surface area contributed by atoms with Crippen molar-refractivity contribution >= 4 is 22.4 Å². The van der Waals surface area contributed by atoms with Crippen LogP contribution in [0.5, 0.6) is 0 Å². The molecule has 3 aliphatic rings. The second-order valence-electron chi connectivity index (χ2n) is 5.66. The number of carbonyl (C=O) groups is 1. The Labute approximate surface area is 118 Å². The Bertz CT molecular complexity index is 465. The molecule has 1 atom stereocenters. The van der Waals surface area contributed by atoms with E-state index in [4.69, 9.17) is 0 Å². The lowest BCUT2D eigenvalue weighted by Crippen LogP contribution is -2.58. The largest absolute Gasteiger partial charge is 0.323 e. The first kappa shape index (κ1) is 12.9. The van der Waals surface area contributed by atoms with Crippen LogP contribution in [0.15, 0.2) is 12.1 Å². The third-order valence-corrected chi connectivity index (χ3v) is 5.33. The average Bonchev–Trinajstić information content (AvgIpc) is 2.84. The normalized spacial score (nSPS) is 29.3. The lowest BCUT2D eigenvalue weighted by molar-refractivity contribution is 0.0336. The Kier molecular flexibility index (Phi) is 3.50. The predicted octanol–water partition coefficient (Wildman–Crippen LogP) is 2.61. The minimum absolute atomic E-state index is 0.0283. The monoisotopic (exact) mass is 279 g/mol. The van der Waals surface area contributed by atoms with Crippen molar-refractivity contribution in [3.63, 3.8) is 0 Å². The number of thiophene rings is 1. The third-order valence-electron chi connectivity index (χ3n) is 4.41. The number of fused-ring (bicyclic) bond motifs is 3. The number of nitrogens with zero attached hydrogens (tertiary/aromatic N) is 2. The van der Waals surface area contributed by atoms with Crippen molar-refractivity contribution in [1.82, 2.24) is 9.80 Å². The minimum Gasteiger partial charge on any atom is -0.323 e. The van der Waals surface area contributed by atoms with Crippen molar-refractivity contribution in [2.75, 3.05) is 32.0 Å². The Hall–Kier alpha value is -1.07. The molecule has 3 fully saturated rings. The Morgan fingerprint density at radius 2 is 2.16 bits per heavy atom. The fourth-order valence-corrected chi connectivity index (χ4v) is 3.98. The first-order valence-corrected chi connectivity index (χ1v) is 7.78. The number of nitrogens with one attached hydrogen (secondary N) is 1. The molecule has 4 nitrogen and oxygen atoms in total. The molecule has 104 valence electrons. The standard InChI is InChI=1S/C14H21N3OS/c1-10-3-4-13(19-10)15-14(18)16(2)12-9-17-7-5-11(12)6-8-17/h3-4,11-12H,5-9H2,1-2H3,(H,15,18)/t12-/m0/s1. The van der Waals surface area contributed by atoms with Gasteiger partial charge in [-0.15, -0.1) is 11.3 Å². The van der Waals surface area contributed by atoms with Crippen LogP contribution < -0.4 is 5.32 Å². The highest BCUT2D eigenvalue weighted by molar-refractivity contribution is 7.16. The van der Waals surface area contributed by atoms with Crippen LogP contribution in [0.3, 0.4) is 0 Å². The summed E-state index contributed by atoms with van der Waals surface area (Å²) in [6.07, 6.45) is 2.47. The van der Waals surface area contributed by atoms with Crippen molar-refractivity contribution in [3.05, 3.63) is 17.0 Å². The van der Waals surface area contributed by atoms with Gasteiger partial charge in [0.1, 0.15) is 0 Å². The number of hydrogen-bond donors (Lipinski definition) is 1. The molecule has 2 bridgehead atoms. The number of piperidine rings is 3. The van der Waals surface area contributed by atoms with Crippen LogP contribution in [0.2, 0.25) is 0 Å². The Morgan fingerprint density at radius 3 is 2.68 bits per heavy atom. The number of likely N-dealkylation sites (N-methyl/N-ethyl adjacent to an activating group) is 1. The Balaban J connectivity index is 1.63. The molecule has 0 spiro atoms. The van der Waals surface area contributed by atoms with E-state index in [0.29, 0.717) is 12.0 Å². The topological polar surface area (TPSA) is 35.6 Å². The molecule has 4 heterocycles. The molecule has 3 saturated heterocycles. The van der Waals surface area contributed by atoms with Gasteiger partial charge in [0.2, 0.25) is 0 Å². The molecule has 1 N–H and O–H groups in total. The molecule has 0 saturated carbocycles. The maximum absolute atomic E-state index is 12.3. The molecule has 2 amide bonds. The van der Waals surface area contributed by atoms with E-state index in [9.17, 15) is 4.79 Å². The summed E-state index contributed by atoms with van der Waals surface area (Å²) in [5.41, 5.74) is 0. The van der Waals surface area contributed by atoms with Crippen molar-refractivity contribution in [2.24, 2.45) is 5.92 Å². The highest BCUT2D eigenvalue weighted by Gasteiger charge is 2.37. The van der Waals surface area contributed by atoms with Crippen molar-refractivity contribution in [1.29, 1.82) is 0 Å². The first-order chi connectivity index (χ1) is 9.13. The molecule has 4 rings (SSSR count). The molecule has 0 radical (unpaired) electrons. The van der Waals surface area contributed by atoms with Crippen molar-refractivity contribution in [2.45, 2.75) is 25.8 Å². The number of rotatable bonds is 2. The summed E-state index contributed by atoms with van der Waals surface area (Å²) >= 11 is 1.63. The molecule has 0 unspecified atom stereocenters. The van der Waals surface area contributed by atoms with E-state index < -0.39 is 0 Å². The van der Waals surface area contributed by atoms with E-state index in [1.54, 1.807) is 11.3 Å². The van der Waals surface area contributed by atoms with Crippen molar-refractivity contribution < 1.29 is 4.79 Å². The van der Waals surface area contributed by atoms with Gasteiger partial charge in [0, 0.05) is 24.5 Å². The fourth-order valence-electron chi connectivity index (χ4n) is 3.22. The lowest BCUT2D eigenvalue weighted by atomic mass is 9.83. The van der Waals surface area contributed by atoms with Gasteiger partial charge in [-0.25, -0.2) is 4.79 Å². The van der Waals surface area contributed by atoms with Crippen LogP contribution in [0.4, 0.5) is 9.80 Å². The molecule has 5 heteroatoms. The molecular weight excluding hydrogens is 258 g/mol. The highest BCUT2D eigenvalue weighted by atomic mass is 32.1.